The van der Waals surface area contributed by atoms with Gasteiger partial charge in [0, 0.05) is 17.7 Å². The van der Waals surface area contributed by atoms with Gasteiger partial charge < -0.3 is 9.64 Å². The maximum absolute atomic E-state index is 12.7. The monoisotopic (exact) mass is 385 g/mol. The highest BCUT2D eigenvalue weighted by Crippen LogP contribution is 2.33. The van der Waals surface area contributed by atoms with E-state index in [0.29, 0.717) is 6.61 Å². The Bertz CT molecular complexity index is 959. The van der Waals surface area contributed by atoms with Gasteiger partial charge in [-0.3, -0.25) is 4.79 Å². The number of carbonyl (C=O) groups is 1. The number of likely N-dealkylation sites (N-methyl/N-ethyl adjacent to an activating group) is 1. The molecule has 0 aliphatic heterocycles. The lowest BCUT2D eigenvalue weighted by atomic mass is 9.88. The zero-order valence-electron chi connectivity index (χ0n) is 17.3. The van der Waals surface area contributed by atoms with Crippen molar-refractivity contribution in [1.82, 2.24) is 4.90 Å². The number of hydrogen-bond acceptors (Lipinski definition) is 3. The first-order valence-electron chi connectivity index (χ1n) is 9.80. The molecular formula is C26H27NO2. The molecule has 0 heterocycles. The number of benzene rings is 3. The second-order valence-corrected chi connectivity index (χ2v) is 7.21. The number of allylic oxidation sites excluding steroid dienone is 1. The molecule has 0 spiro atoms. The van der Waals surface area contributed by atoms with Gasteiger partial charge in [-0.25, -0.2) is 0 Å². The van der Waals surface area contributed by atoms with Crippen molar-refractivity contribution in [3.8, 4) is 5.75 Å². The average Bonchev–Trinajstić information content (AvgIpc) is 2.73. The Labute approximate surface area is 173 Å². The molecule has 148 valence electrons. The van der Waals surface area contributed by atoms with Crippen LogP contribution in [0.3, 0.4) is 0 Å². The number of rotatable bonds is 8. The van der Waals surface area contributed by atoms with E-state index in [1.165, 1.54) is 0 Å². The van der Waals surface area contributed by atoms with Crippen molar-refractivity contribution < 1.29 is 9.53 Å². The molecule has 3 aromatic rings. The van der Waals surface area contributed by atoms with Gasteiger partial charge in [-0.1, -0.05) is 72.8 Å². The van der Waals surface area contributed by atoms with Crippen LogP contribution in [0.1, 0.15) is 23.6 Å². The third-order valence-corrected chi connectivity index (χ3v) is 4.68. The highest BCUT2D eigenvalue weighted by molar-refractivity contribution is 6.29. The lowest BCUT2D eigenvalue weighted by Crippen LogP contribution is -2.19. The second-order valence-electron chi connectivity index (χ2n) is 7.21. The molecule has 0 N–H and O–H groups in total. The van der Waals surface area contributed by atoms with Gasteiger partial charge >= 0.3 is 0 Å². The van der Waals surface area contributed by atoms with Gasteiger partial charge in [-0.2, -0.15) is 0 Å². The molecule has 0 saturated heterocycles. The summed E-state index contributed by atoms with van der Waals surface area (Å²) in [6, 6.07) is 27.9. The molecule has 3 rings (SSSR count). The van der Waals surface area contributed by atoms with Gasteiger partial charge in [-0.05, 0) is 49.8 Å². The molecule has 0 atom stereocenters. The van der Waals surface area contributed by atoms with Crippen molar-refractivity contribution in [3.63, 3.8) is 0 Å². The number of Topliss-reactive ketones (excluding diaryl/α,β-unsaturated/α-hetero) is 1. The second kappa shape index (κ2) is 9.85. The van der Waals surface area contributed by atoms with E-state index in [-0.39, 0.29) is 5.78 Å². The van der Waals surface area contributed by atoms with Crippen molar-refractivity contribution in [2.75, 3.05) is 27.2 Å². The summed E-state index contributed by atoms with van der Waals surface area (Å²) >= 11 is 0. The fourth-order valence-electron chi connectivity index (χ4n) is 3.25. The molecule has 0 bridgehead atoms. The van der Waals surface area contributed by atoms with Crippen LogP contribution < -0.4 is 4.74 Å². The minimum atomic E-state index is 0.0429. The average molecular weight is 386 g/mol. The summed E-state index contributed by atoms with van der Waals surface area (Å²) in [5.74, 6) is 0.869. The molecular weight excluding hydrogens is 358 g/mol. The normalized spacial score (nSPS) is 11.9. The maximum atomic E-state index is 12.7. The van der Waals surface area contributed by atoms with E-state index >= 15 is 0 Å². The van der Waals surface area contributed by atoms with E-state index in [9.17, 15) is 4.79 Å². The lowest BCUT2D eigenvalue weighted by Gasteiger charge is -2.16. The first kappa shape index (κ1) is 20.6. The third kappa shape index (κ3) is 5.43. The van der Waals surface area contributed by atoms with Gasteiger partial charge in [0.2, 0.25) is 0 Å². The predicted molar refractivity (Wildman–Crippen MR) is 120 cm³/mol. The first-order valence-corrected chi connectivity index (χ1v) is 9.80. The number of ketones is 1. The fourth-order valence-corrected chi connectivity index (χ4v) is 3.25. The van der Waals surface area contributed by atoms with Crippen LogP contribution in [-0.2, 0) is 4.79 Å². The molecule has 0 aliphatic carbocycles. The Kier molecular flexibility index (Phi) is 6.99. The SMILES string of the molecule is CC(=O)/C(=C(\c1ccccc1)c1ccc(OCCN(C)C)cc1)c1ccccc1. The Morgan fingerprint density at radius 2 is 1.28 bits per heavy atom. The van der Waals surface area contributed by atoms with Crippen LogP contribution in [0.5, 0.6) is 5.75 Å². The molecule has 29 heavy (non-hydrogen) atoms. The van der Waals surface area contributed by atoms with Gasteiger partial charge in [0.25, 0.3) is 0 Å². The first-order chi connectivity index (χ1) is 14.1. The molecule has 0 aliphatic rings. The van der Waals surface area contributed by atoms with Crippen LogP contribution >= 0.6 is 0 Å². The van der Waals surface area contributed by atoms with E-state index < -0.39 is 0 Å². The van der Waals surface area contributed by atoms with Crippen LogP contribution in [0.2, 0.25) is 0 Å². The summed E-state index contributed by atoms with van der Waals surface area (Å²) < 4.78 is 5.83. The predicted octanol–water partition coefficient (Wildman–Crippen LogP) is 5.18. The largest absolute Gasteiger partial charge is 0.492 e. The Hall–Kier alpha value is -3.17. The smallest absolute Gasteiger partial charge is 0.161 e. The Morgan fingerprint density at radius 3 is 1.79 bits per heavy atom. The molecule has 3 aromatic carbocycles. The highest BCUT2D eigenvalue weighted by Gasteiger charge is 2.17. The Balaban J connectivity index is 2.06. The molecule has 0 aromatic heterocycles. The highest BCUT2D eigenvalue weighted by atomic mass is 16.5. The fraction of sp³-hybridized carbons (Fsp3) is 0.192. The quantitative estimate of drug-likeness (QED) is 0.395. The van der Waals surface area contributed by atoms with Crippen molar-refractivity contribution in [3.05, 3.63) is 102 Å². The van der Waals surface area contributed by atoms with Crippen molar-refractivity contribution in [1.29, 1.82) is 0 Å². The third-order valence-electron chi connectivity index (χ3n) is 4.68. The van der Waals surface area contributed by atoms with Gasteiger partial charge in [-0.15, -0.1) is 0 Å². The maximum Gasteiger partial charge on any atom is 0.161 e. The molecule has 3 heteroatoms. The van der Waals surface area contributed by atoms with Crippen LogP contribution in [0.25, 0.3) is 11.1 Å². The number of nitrogens with zero attached hydrogens (tertiary/aromatic N) is 1. The van der Waals surface area contributed by atoms with Gasteiger partial charge in [0.05, 0.1) is 0 Å². The van der Waals surface area contributed by atoms with Crippen molar-refractivity contribution >= 4 is 16.9 Å². The number of ether oxygens (including phenoxy) is 1. The number of hydrogen-bond donors (Lipinski definition) is 0. The van der Waals surface area contributed by atoms with Crippen LogP contribution in [0, 0.1) is 0 Å². The minimum absolute atomic E-state index is 0.0429. The lowest BCUT2D eigenvalue weighted by molar-refractivity contribution is -0.111. The van der Waals surface area contributed by atoms with E-state index in [1.54, 1.807) is 6.92 Å². The van der Waals surface area contributed by atoms with E-state index in [4.69, 9.17) is 4.74 Å². The van der Waals surface area contributed by atoms with Crippen LogP contribution in [0.15, 0.2) is 84.9 Å². The van der Waals surface area contributed by atoms with Gasteiger partial charge in [0.1, 0.15) is 12.4 Å². The molecule has 3 nitrogen and oxygen atoms in total. The molecule has 0 saturated carbocycles. The van der Waals surface area contributed by atoms with E-state index in [2.05, 4.69) is 4.90 Å². The van der Waals surface area contributed by atoms with Crippen molar-refractivity contribution in [2.45, 2.75) is 6.92 Å². The zero-order chi connectivity index (χ0) is 20.6. The summed E-state index contributed by atoms with van der Waals surface area (Å²) in [5, 5.41) is 0. The standard InChI is InChI=1S/C26H27NO2/c1-20(28)25(21-10-6-4-7-11-21)26(22-12-8-5-9-13-22)23-14-16-24(17-15-23)29-19-18-27(2)3/h4-17H,18-19H2,1-3H3/b26-25-. The molecule has 0 radical (unpaired) electrons. The van der Waals surface area contributed by atoms with Gasteiger partial charge in [0.15, 0.2) is 5.78 Å². The Morgan fingerprint density at radius 1 is 0.759 bits per heavy atom. The summed E-state index contributed by atoms with van der Waals surface area (Å²) in [6.07, 6.45) is 0. The van der Waals surface area contributed by atoms with E-state index in [0.717, 1.165) is 40.1 Å². The van der Waals surface area contributed by atoms with Crippen LogP contribution in [0.4, 0.5) is 0 Å². The summed E-state index contributed by atoms with van der Waals surface area (Å²) in [4.78, 5) is 14.8. The summed E-state index contributed by atoms with van der Waals surface area (Å²) in [6.45, 7) is 3.12. The summed E-state index contributed by atoms with van der Waals surface area (Å²) in [7, 11) is 4.05. The van der Waals surface area contributed by atoms with Crippen molar-refractivity contribution in [2.24, 2.45) is 0 Å². The summed E-state index contributed by atoms with van der Waals surface area (Å²) in [5.41, 5.74) is 4.58. The van der Waals surface area contributed by atoms with Crippen LogP contribution in [-0.4, -0.2) is 37.9 Å². The zero-order valence-corrected chi connectivity index (χ0v) is 17.3. The topological polar surface area (TPSA) is 29.5 Å². The molecule has 0 amide bonds. The molecule has 0 fully saturated rings. The molecule has 0 unspecified atom stereocenters. The minimum Gasteiger partial charge on any atom is -0.492 e. The van der Waals surface area contributed by atoms with E-state index in [1.807, 2.05) is 99.0 Å². The number of carbonyl (C=O) groups excluding carboxylic acids is 1.